The van der Waals surface area contributed by atoms with Gasteiger partial charge in [0.2, 0.25) is 6.43 Å². The van der Waals surface area contributed by atoms with Crippen LogP contribution in [0.25, 0.3) is 32.5 Å². The summed E-state index contributed by atoms with van der Waals surface area (Å²) in [6, 6.07) is 7.70. The maximum atomic E-state index is 12.8. The minimum Gasteiger partial charge on any atom is -0.384 e. The van der Waals surface area contributed by atoms with E-state index in [-0.39, 0.29) is 12.8 Å². The molecule has 0 spiro atoms. The molecule has 0 radical (unpaired) electrons. The van der Waals surface area contributed by atoms with Crippen LogP contribution in [0.3, 0.4) is 0 Å². The zero-order valence-corrected chi connectivity index (χ0v) is 15.2. The third-order valence-electron chi connectivity index (χ3n) is 5.17. The molecule has 0 aliphatic heterocycles. The van der Waals surface area contributed by atoms with Crippen molar-refractivity contribution in [2.24, 2.45) is 13.0 Å². The lowest BCUT2D eigenvalue weighted by Crippen LogP contribution is -2.43. The fourth-order valence-electron chi connectivity index (χ4n) is 3.67. The summed E-state index contributed by atoms with van der Waals surface area (Å²) < 4.78 is 27.2. The topological polar surface area (TPSA) is 63.8 Å². The maximum absolute atomic E-state index is 12.8. The first-order chi connectivity index (χ1) is 12.9. The number of thiophene rings is 1. The second kappa shape index (κ2) is 5.77. The summed E-state index contributed by atoms with van der Waals surface area (Å²) in [5.41, 5.74) is 1.19. The first-order valence-electron chi connectivity index (χ1n) is 8.63. The molecule has 5 rings (SSSR count). The van der Waals surface area contributed by atoms with Crippen LogP contribution >= 0.6 is 11.3 Å². The molecule has 1 fully saturated rings. The average molecular weight is 386 g/mol. The van der Waals surface area contributed by atoms with E-state index in [1.165, 1.54) is 11.3 Å². The molecule has 0 aromatic carbocycles. The van der Waals surface area contributed by atoms with Gasteiger partial charge in [-0.05, 0) is 37.1 Å². The lowest BCUT2D eigenvalue weighted by Gasteiger charge is -2.42. The van der Waals surface area contributed by atoms with E-state index in [4.69, 9.17) is 4.98 Å². The summed E-state index contributed by atoms with van der Waals surface area (Å²) in [6.07, 6.45) is 1.47. The van der Waals surface area contributed by atoms with Crippen molar-refractivity contribution in [3.8, 4) is 11.3 Å². The molecule has 0 bridgehead atoms. The largest absolute Gasteiger partial charge is 0.384 e. The highest BCUT2D eigenvalue weighted by Crippen LogP contribution is 2.50. The van der Waals surface area contributed by atoms with E-state index in [0.29, 0.717) is 10.5 Å². The van der Waals surface area contributed by atoms with Crippen molar-refractivity contribution in [3.05, 3.63) is 41.5 Å². The van der Waals surface area contributed by atoms with Crippen molar-refractivity contribution >= 4 is 32.6 Å². The molecule has 27 heavy (non-hydrogen) atoms. The molecule has 8 heteroatoms. The van der Waals surface area contributed by atoms with Crippen LogP contribution < -0.4 is 0 Å². The molecule has 0 unspecified atom stereocenters. The van der Waals surface area contributed by atoms with Gasteiger partial charge in [-0.1, -0.05) is 0 Å². The van der Waals surface area contributed by atoms with Gasteiger partial charge < -0.3 is 5.11 Å². The van der Waals surface area contributed by atoms with Crippen LogP contribution in [0.4, 0.5) is 8.78 Å². The number of fused-ring (bicyclic) bond motifs is 2. The van der Waals surface area contributed by atoms with Crippen LogP contribution in [-0.4, -0.2) is 31.3 Å². The second-order valence-electron chi connectivity index (χ2n) is 7.18. The number of aryl methyl sites for hydroxylation is 1. The Morgan fingerprint density at radius 1 is 1.26 bits per heavy atom. The smallest absolute Gasteiger partial charge is 0.241 e. The highest BCUT2D eigenvalue weighted by molar-refractivity contribution is 7.18. The van der Waals surface area contributed by atoms with Gasteiger partial charge in [-0.2, -0.15) is 5.10 Å². The Morgan fingerprint density at radius 2 is 2.07 bits per heavy atom. The van der Waals surface area contributed by atoms with Crippen molar-refractivity contribution in [3.63, 3.8) is 0 Å². The fraction of sp³-hybridized carbons (Fsp3) is 0.316. The first kappa shape index (κ1) is 16.7. The predicted octanol–water partition coefficient (Wildman–Crippen LogP) is 4.11. The SMILES string of the molecule is Cn1cc2cc(-c3ccc4cc(C5(O)CC(C(F)F)C5)sc4n3)cnc2n1. The molecule has 1 saturated carbocycles. The summed E-state index contributed by atoms with van der Waals surface area (Å²) in [5.74, 6) is -0.721. The molecule has 4 aromatic rings. The molecular formula is C19H16F2N4OS. The molecule has 1 N–H and O–H groups in total. The monoisotopic (exact) mass is 386 g/mol. The van der Waals surface area contributed by atoms with Gasteiger partial charge in [0.15, 0.2) is 5.65 Å². The fourth-order valence-corrected chi connectivity index (χ4v) is 4.81. The molecular weight excluding hydrogens is 370 g/mol. The van der Waals surface area contributed by atoms with E-state index < -0.39 is 17.9 Å². The van der Waals surface area contributed by atoms with Gasteiger partial charge >= 0.3 is 0 Å². The Kier molecular flexibility index (Phi) is 3.57. The van der Waals surface area contributed by atoms with E-state index in [1.54, 1.807) is 10.9 Å². The molecule has 1 aliphatic rings. The summed E-state index contributed by atoms with van der Waals surface area (Å²) in [6.45, 7) is 0. The van der Waals surface area contributed by atoms with Crippen molar-refractivity contribution in [2.75, 3.05) is 0 Å². The molecule has 138 valence electrons. The number of aliphatic hydroxyl groups is 1. The van der Waals surface area contributed by atoms with E-state index in [2.05, 4.69) is 10.1 Å². The van der Waals surface area contributed by atoms with Crippen LogP contribution in [0.15, 0.2) is 36.7 Å². The Hall–Kier alpha value is -2.45. The quantitative estimate of drug-likeness (QED) is 0.576. The predicted molar refractivity (Wildman–Crippen MR) is 99.7 cm³/mol. The van der Waals surface area contributed by atoms with Gasteiger partial charge in [-0.3, -0.25) is 4.68 Å². The minimum atomic E-state index is -2.38. The molecule has 5 nitrogen and oxygen atoms in total. The van der Waals surface area contributed by atoms with E-state index in [9.17, 15) is 13.9 Å². The second-order valence-corrected chi connectivity index (χ2v) is 8.21. The summed E-state index contributed by atoms with van der Waals surface area (Å²) >= 11 is 1.37. The van der Waals surface area contributed by atoms with Gasteiger partial charge in [0, 0.05) is 46.6 Å². The van der Waals surface area contributed by atoms with Gasteiger partial charge in [-0.25, -0.2) is 18.7 Å². The molecule has 4 heterocycles. The van der Waals surface area contributed by atoms with Crippen LogP contribution in [0.5, 0.6) is 0 Å². The van der Waals surface area contributed by atoms with Crippen molar-refractivity contribution in [1.29, 1.82) is 0 Å². The van der Waals surface area contributed by atoms with Crippen LogP contribution in [0, 0.1) is 5.92 Å². The number of hydrogen-bond acceptors (Lipinski definition) is 5. The maximum Gasteiger partial charge on any atom is 0.241 e. The van der Waals surface area contributed by atoms with E-state index in [0.717, 1.165) is 26.9 Å². The Labute approximate surface area is 157 Å². The Bertz CT molecular complexity index is 1160. The number of rotatable bonds is 3. The highest BCUT2D eigenvalue weighted by Gasteiger charge is 2.48. The zero-order chi connectivity index (χ0) is 18.8. The molecule has 0 amide bonds. The number of nitrogens with zero attached hydrogens (tertiary/aromatic N) is 4. The zero-order valence-electron chi connectivity index (χ0n) is 14.4. The molecule has 0 atom stereocenters. The van der Waals surface area contributed by atoms with Crippen LogP contribution in [-0.2, 0) is 12.6 Å². The van der Waals surface area contributed by atoms with Crippen molar-refractivity contribution in [1.82, 2.24) is 19.7 Å². The number of pyridine rings is 2. The summed E-state index contributed by atoms with van der Waals surface area (Å²) in [5, 5.41) is 16.7. The van der Waals surface area contributed by atoms with Gasteiger partial charge in [-0.15, -0.1) is 11.3 Å². The molecule has 4 aromatic heterocycles. The lowest BCUT2D eigenvalue weighted by atomic mass is 9.70. The summed E-state index contributed by atoms with van der Waals surface area (Å²) in [7, 11) is 1.85. The normalized spacial score (nSPS) is 22.6. The number of hydrogen-bond donors (Lipinski definition) is 1. The number of halogens is 2. The first-order valence-corrected chi connectivity index (χ1v) is 9.44. The van der Waals surface area contributed by atoms with E-state index in [1.807, 2.05) is 37.5 Å². The third-order valence-corrected chi connectivity index (χ3v) is 6.41. The van der Waals surface area contributed by atoms with Gasteiger partial charge in [0.05, 0.1) is 11.3 Å². The van der Waals surface area contributed by atoms with Crippen LogP contribution in [0.1, 0.15) is 17.7 Å². The number of aromatic nitrogens is 4. The highest BCUT2D eigenvalue weighted by atomic mass is 32.1. The third kappa shape index (κ3) is 2.71. The molecule has 0 saturated heterocycles. The number of alkyl halides is 2. The Balaban J connectivity index is 1.50. The standard InChI is InChI=1S/C19H16F2N4OS/c1-25-9-12-4-11(8-22-17(12)24-25)14-3-2-10-5-15(27-18(10)23-14)19(26)6-13(7-19)16(20)21/h2-5,8-9,13,16,26H,6-7H2,1H3. The van der Waals surface area contributed by atoms with E-state index >= 15 is 0 Å². The van der Waals surface area contributed by atoms with Crippen LogP contribution in [0.2, 0.25) is 0 Å². The Morgan fingerprint density at radius 3 is 2.85 bits per heavy atom. The molecule has 1 aliphatic carbocycles. The minimum absolute atomic E-state index is 0.103. The lowest BCUT2D eigenvalue weighted by molar-refractivity contribution is -0.124. The van der Waals surface area contributed by atoms with Gasteiger partial charge in [0.25, 0.3) is 0 Å². The summed E-state index contributed by atoms with van der Waals surface area (Å²) in [4.78, 5) is 10.6. The van der Waals surface area contributed by atoms with Gasteiger partial charge in [0.1, 0.15) is 4.83 Å². The van der Waals surface area contributed by atoms with Crippen molar-refractivity contribution in [2.45, 2.75) is 24.9 Å². The average Bonchev–Trinajstić information content (AvgIpc) is 3.19. The van der Waals surface area contributed by atoms with Crippen molar-refractivity contribution < 1.29 is 13.9 Å².